The fourth-order valence-corrected chi connectivity index (χ4v) is 3.49. The molecule has 1 fully saturated rings. The molecule has 2 unspecified atom stereocenters. The van der Waals surface area contributed by atoms with Gasteiger partial charge in [-0.2, -0.15) is 0 Å². The maximum Gasteiger partial charge on any atom is 0.245 e. The van der Waals surface area contributed by atoms with Crippen molar-refractivity contribution >= 4 is 17.3 Å². The second kappa shape index (κ2) is 5.66. The topological polar surface area (TPSA) is 61.6 Å². The zero-order valence-electron chi connectivity index (χ0n) is 12.8. The summed E-state index contributed by atoms with van der Waals surface area (Å²) >= 11 is 0. The van der Waals surface area contributed by atoms with Crippen LogP contribution in [0.5, 0.6) is 0 Å². The molecule has 2 heterocycles. The van der Waals surface area contributed by atoms with Gasteiger partial charge in [0.25, 0.3) is 0 Å². The zero-order chi connectivity index (χ0) is 15.0. The molecule has 0 bridgehead atoms. The summed E-state index contributed by atoms with van der Waals surface area (Å²) in [6.45, 7) is 8.77. The Labute approximate surface area is 126 Å². The number of hydrogen-bond donors (Lipinski definition) is 2. The normalized spacial score (nSPS) is 24.6. The lowest BCUT2D eigenvalue weighted by Crippen LogP contribution is -2.37. The van der Waals surface area contributed by atoms with E-state index in [0.29, 0.717) is 6.04 Å². The first-order chi connectivity index (χ1) is 10.1. The summed E-state index contributed by atoms with van der Waals surface area (Å²) in [5.41, 5.74) is 8.81. The Kier molecular flexibility index (Phi) is 3.87. The van der Waals surface area contributed by atoms with E-state index >= 15 is 0 Å². The molecular formula is C16H24N4O. The smallest absolute Gasteiger partial charge is 0.245 e. The highest BCUT2D eigenvalue weighted by molar-refractivity contribution is 6.02. The van der Waals surface area contributed by atoms with Gasteiger partial charge >= 0.3 is 0 Å². The van der Waals surface area contributed by atoms with Crippen molar-refractivity contribution in [2.45, 2.75) is 32.4 Å². The first-order valence-corrected chi connectivity index (χ1v) is 7.83. The van der Waals surface area contributed by atoms with Crippen molar-refractivity contribution in [2.75, 3.05) is 36.4 Å². The Balaban J connectivity index is 1.75. The fraction of sp³-hybridized carbons (Fsp3) is 0.562. The lowest BCUT2D eigenvalue weighted by molar-refractivity contribution is -0.116. The van der Waals surface area contributed by atoms with Crippen LogP contribution in [0.25, 0.3) is 0 Å². The van der Waals surface area contributed by atoms with Gasteiger partial charge in [-0.25, -0.2) is 0 Å². The Bertz CT molecular complexity index is 541. The minimum Gasteiger partial charge on any atom is -0.370 e. The van der Waals surface area contributed by atoms with E-state index < -0.39 is 6.04 Å². The molecule has 1 aromatic carbocycles. The zero-order valence-corrected chi connectivity index (χ0v) is 12.8. The second-order valence-electron chi connectivity index (χ2n) is 5.85. The number of carbonyl (C=O) groups excluding carboxylic acids is 1. The molecule has 0 spiro atoms. The van der Waals surface area contributed by atoms with E-state index in [0.717, 1.165) is 37.4 Å². The number of nitrogens with zero attached hydrogens (tertiary/aromatic N) is 2. The third-order valence-corrected chi connectivity index (χ3v) is 4.77. The minimum atomic E-state index is -0.518. The first-order valence-electron chi connectivity index (χ1n) is 7.83. The van der Waals surface area contributed by atoms with E-state index in [4.69, 9.17) is 5.73 Å². The Morgan fingerprint density at radius 3 is 2.86 bits per heavy atom. The SMILES string of the molecule is CCN(CC)C1CCN(c2ccc3c(c2)NC(=O)C3N)C1. The summed E-state index contributed by atoms with van der Waals surface area (Å²) in [5.74, 6) is -0.107. The highest BCUT2D eigenvalue weighted by Gasteiger charge is 2.30. The first kappa shape index (κ1) is 14.4. The van der Waals surface area contributed by atoms with Crippen molar-refractivity contribution in [3.63, 3.8) is 0 Å². The molecule has 0 aromatic heterocycles. The average molecular weight is 288 g/mol. The maximum atomic E-state index is 11.6. The molecule has 0 radical (unpaired) electrons. The van der Waals surface area contributed by atoms with Crippen molar-refractivity contribution in [3.05, 3.63) is 23.8 Å². The lowest BCUT2D eigenvalue weighted by atomic mass is 10.1. The van der Waals surface area contributed by atoms with Crippen LogP contribution in [0.1, 0.15) is 31.9 Å². The number of amides is 1. The number of nitrogens with two attached hydrogens (primary N) is 1. The molecule has 2 aliphatic rings. The summed E-state index contributed by atoms with van der Waals surface area (Å²) in [5, 5.41) is 2.87. The van der Waals surface area contributed by atoms with Crippen molar-refractivity contribution < 1.29 is 4.79 Å². The van der Waals surface area contributed by atoms with Crippen LogP contribution in [-0.2, 0) is 4.79 Å². The van der Waals surface area contributed by atoms with E-state index in [2.05, 4.69) is 41.1 Å². The molecule has 21 heavy (non-hydrogen) atoms. The summed E-state index contributed by atoms with van der Waals surface area (Å²) in [4.78, 5) is 16.5. The number of fused-ring (bicyclic) bond motifs is 1. The third-order valence-electron chi connectivity index (χ3n) is 4.77. The van der Waals surface area contributed by atoms with Gasteiger partial charge in [0.05, 0.1) is 0 Å². The average Bonchev–Trinajstić information content (AvgIpc) is 3.07. The van der Waals surface area contributed by atoms with Crippen LogP contribution in [0.3, 0.4) is 0 Å². The van der Waals surface area contributed by atoms with Gasteiger partial charge in [-0.3, -0.25) is 9.69 Å². The molecule has 2 atom stereocenters. The highest BCUT2D eigenvalue weighted by Crippen LogP contribution is 2.34. The van der Waals surface area contributed by atoms with E-state index in [9.17, 15) is 4.79 Å². The van der Waals surface area contributed by atoms with E-state index in [-0.39, 0.29) is 5.91 Å². The summed E-state index contributed by atoms with van der Waals surface area (Å²) in [6.07, 6.45) is 1.20. The van der Waals surface area contributed by atoms with Crippen molar-refractivity contribution in [1.29, 1.82) is 0 Å². The van der Waals surface area contributed by atoms with Gasteiger partial charge < -0.3 is 16.0 Å². The van der Waals surface area contributed by atoms with Crippen LogP contribution in [0.4, 0.5) is 11.4 Å². The minimum absolute atomic E-state index is 0.107. The molecule has 1 saturated heterocycles. The number of likely N-dealkylation sites (N-methyl/N-ethyl adjacent to an activating group) is 1. The van der Waals surface area contributed by atoms with E-state index in [1.807, 2.05) is 6.07 Å². The van der Waals surface area contributed by atoms with Crippen LogP contribution >= 0.6 is 0 Å². The molecule has 3 N–H and O–H groups in total. The second-order valence-corrected chi connectivity index (χ2v) is 5.85. The van der Waals surface area contributed by atoms with Crippen LogP contribution in [-0.4, -0.2) is 43.0 Å². The van der Waals surface area contributed by atoms with Gasteiger partial charge in [0.15, 0.2) is 0 Å². The largest absolute Gasteiger partial charge is 0.370 e. The van der Waals surface area contributed by atoms with Crippen LogP contribution < -0.4 is 16.0 Å². The summed E-state index contributed by atoms with van der Waals surface area (Å²) in [6, 6.07) is 6.24. The lowest BCUT2D eigenvalue weighted by Gasteiger charge is -2.26. The molecule has 5 heteroatoms. The molecule has 1 amide bonds. The molecule has 3 rings (SSSR count). The molecule has 1 aromatic rings. The number of rotatable bonds is 4. The third kappa shape index (κ3) is 2.51. The van der Waals surface area contributed by atoms with Crippen LogP contribution in [0, 0.1) is 0 Å². The predicted octanol–water partition coefficient (Wildman–Crippen LogP) is 1.56. The number of benzene rings is 1. The number of hydrogen-bond acceptors (Lipinski definition) is 4. The van der Waals surface area contributed by atoms with Gasteiger partial charge in [-0.05, 0) is 31.6 Å². The molecule has 0 aliphatic carbocycles. The Morgan fingerprint density at radius 1 is 1.38 bits per heavy atom. The van der Waals surface area contributed by atoms with Gasteiger partial charge in [-0.15, -0.1) is 0 Å². The standard InChI is InChI=1S/C16H24N4O/c1-3-19(4-2)12-7-8-20(10-12)11-5-6-13-14(9-11)18-16(21)15(13)17/h5-6,9,12,15H,3-4,7-8,10,17H2,1-2H3,(H,18,21). The van der Waals surface area contributed by atoms with Crippen LogP contribution in [0.15, 0.2) is 18.2 Å². The fourth-order valence-electron chi connectivity index (χ4n) is 3.49. The van der Waals surface area contributed by atoms with Gasteiger partial charge in [0.1, 0.15) is 6.04 Å². The maximum absolute atomic E-state index is 11.6. The van der Waals surface area contributed by atoms with E-state index in [1.54, 1.807) is 0 Å². The van der Waals surface area contributed by atoms with Crippen molar-refractivity contribution in [3.8, 4) is 0 Å². The molecule has 114 valence electrons. The monoisotopic (exact) mass is 288 g/mol. The molecule has 5 nitrogen and oxygen atoms in total. The van der Waals surface area contributed by atoms with E-state index in [1.165, 1.54) is 12.1 Å². The Hall–Kier alpha value is -1.59. The summed E-state index contributed by atoms with van der Waals surface area (Å²) in [7, 11) is 0. The van der Waals surface area contributed by atoms with Gasteiger partial charge in [0.2, 0.25) is 5.91 Å². The molecular weight excluding hydrogens is 264 g/mol. The number of carbonyl (C=O) groups is 1. The van der Waals surface area contributed by atoms with Gasteiger partial charge in [0, 0.05) is 36.1 Å². The van der Waals surface area contributed by atoms with Crippen molar-refractivity contribution in [1.82, 2.24) is 4.90 Å². The predicted molar refractivity (Wildman–Crippen MR) is 85.5 cm³/mol. The molecule has 0 saturated carbocycles. The number of nitrogens with one attached hydrogen (secondary N) is 1. The summed E-state index contributed by atoms with van der Waals surface area (Å²) < 4.78 is 0. The number of anilines is 2. The molecule has 2 aliphatic heterocycles. The van der Waals surface area contributed by atoms with Crippen LogP contribution in [0.2, 0.25) is 0 Å². The Morgan fingerprint density at radius 2 is 2.14 bits per heavy atom. The quantitative estimate of drug-likeness (QED) is 0.882. The van der Waals surface area contributed by atoms with Crippen molar-refractivity contribution in [2.24, 2.45) is 5.73 Å². The van der Waals surface area contributed by atoms with Gasteiger partial charge in [-0.1, -0.05) is 19.9 Å². The highest BCUT2D eigenvalue weighted by atomic mass is 16.2.